The second-order valence-corrected chi connectivity index (χ2v) is 9.55. The third-order valence-electron chi connectivity index (χ3n) is 6.73. The third kappa shape index (κ3) is 5.99. The number of aromatic nitrogens is 3. The first kappa shape index (κ1) is 26.1. The maximum absolute atomic E-state index is 13.5. The highest BCUT2D eigenvalue weighted by Gasteiger charge is 2.36. The summed E-state index contributed by atoms with van der Waals surface area (Å²) in [6.07, 6.45) is 0.607. The van der Waals surface area contributed by atoms with E-state index in [0.29, 0.717) is 18.2 Å². The number of anilines is 1. The Balaban J connectivity index is 1.46. The number of pyridine rings is 1. The van der Waals surface area contributed by atoms with Gasteiger partial charge < -0.3 is 10.4 Å². The van der Waals surface area contributed by atoms with E-state index < -0.39 is 23.9 Å². The summed E-state index contributed by atoms with van der Waals surface area (Å²) in [6, 6.07) is 19.2. The molecule has 1 aliphatic rings. The summed E-state index contributed by atoms with van der Waals surface area (Å²) in [5.41, 5.74) is 0.905. The summed E-state index contributed by atoms with van der Waals surface area (Å²) < 4.78 is 41.4. The largest absolute Gasteiger partial charge is 0.435 e. The van der Waals surface area contributed by atoms with E-state index >= 15 is 0 Å². The van der Waals surface area contributed by atoms with Crippen LogP contribution in [0.3, 0.4) is 0 Å². The Bertz CT molecular complexity index is 1520. The van der Waals surface area contributed by atoms with Crippen LogP contribution in [0, 0.1) is 17.2 Å². The van der Waals surface area contributed by atoms with Crippen LogP contribution in [0.4, 0.5) is 18.9 Å². The minimum absolute atomic E-state index is 0.147. The lowest BCUT2D eigenvalue weighted by atomic mass is 9.86. The van der Waals surface area contributed by atoms with Gasteiger partial charge in [-0.25, -0.2) is 4.68 Å². The number of hydrogen-bond donors (Lipinski definition) is 2. The van der Waals surface area contributed by atoms with E-state index in [-0.39, 0.29) is 28.8 Å². The van der Waals surface area contributed by atoms with Crippen LogP contribution in [0.1, 0.15) is 58.1 Å². The summed E-state index contributed by atoms with van der Waals surface area (Å²) in [6.45, 7) is 0. The molecule has 2 aromatic carbocycles. The number of hydrogen-bond acceptors (Lipinski definition) is 5. The van der Waals surface area contributed by atoms with Gasteiger partial charge in [-0.3, -0.25) is 9.78 Å². The van der Waals surface area contributed by atoms with Gasteiger partial charge in [-0.1, -0.05) is 24.3 Å². The number of nitrogens with zero attached hydrogens (tertiary/aromatic N) is 4. The summed E-state index contributed by atoms with van der Waals surface area (Å²) in [7, 11) is 0. The van der Waals surface area contributed by atoms with Gasteiger partial charge in [-0.15, -0.1) is 0 Å². The predicted molar refractivity (Wildman–Crippen MR) is 137 cm³/mol. The first-order valence-electron chi connectivity index (χ1n) is 12.4. The first-order chi connectivity index (χ1) is 18.7. The lowest BCUT2D eigenvalue weighted by Crippen LogP contribution is -2.18. The van der Waals surface area contributed by atoms with Crippen molar-refractivity contribution in [2.75, 3.05) is 5.32 Å². The Morgan fingerprint density at radius 1 is 1.10 bits per heavy atom. The minimum atomic E-state index is -4.77. The SMILES string of the molecule is N#Cc1cccc(-n2nc(C(F)(F)F)cc2C(=O)Nc2cccc(C(CC(O)C3CC3)c3cccnc3)c2)c1. The third-order valence-corrected chi connectivity index (χ3v) is 6.73. The van der Waals surface area contributed by atoms with Crippen molar-refractivity contribution >= 4 is 11.6 Å². The molecule has 0 radical (unpaired) electrons. The van der Waals surface area contributed by atoms with E-state index in [9.17, 15) is 28.3 Å². The zero-order chi connectivity index (χ0) is 27.6. The van der Waals surface area contributed by atoms with E-state index in [4.69, 9.17) is 0 Å². The molecule has 1 amide bonds. The first-order valence-corrected chi connectivity index (χ1v) is 12.4. The second kappa shape index (κ2) is 10.7. The van der Waals surface area contributed by atoms with Gasteiger partial charge in [0.15, 0.2) is 5.69 Å². The quantitative estimate of drug-likeness (QED) is 0.303. The topological polar surface area (TPSA) is 104 Å². The number of aliphatic hydroxyl groups is 1. The van der Waals surface area contributed by atoms with Crippen molar-refractivity contribution in [3.8, 4) is 11.8 Å². The smallest absolute Gasteiger partial charge is 0.393 e. The van der Waals surface area contributed by atoms with E-state index in [1.54, 1.807) is 30.6 Å². The molecule has 1 fully saturated rings. The molecular formula is C29H24F3N5O2. The molecule has 7 nitrogen and oxygen atoms in total. The molecule has 10 heteroatoms. The number of aliphatic hydroxyl groups excluding tert-OH is 1. The number of amides is 1. The number of halogens is 3. The van der Waals surface area contributed by atoms with Crippen molar-refractivity contribution in [2.45, 2.75) is 37.5 Å². The summed E-state index contributed by atoms with van der Waals surface area (Å²) in [4.78, 5) is 17.5. The molecule has 2 N–H and O–H groups in total. The Hall–Kier alpha value is -4.49. The fraction of sp³-hybridized carbons (Fsp3) is 0.241. The highest BCUT2D eigenvalue weighted by atomic mass is 19.4. The second-order valence-electron chi connectivity index (χ2n) is 9.55. The zero-order valence-electron chi connectivity index (χ0n) is 20.6. The molecule has 0 bridgehead atoms. The Labute approximate surface area is 222 Å². The highest BCUT2D eigenvalue weighted by Crippen LogP contribution is 2.39. The Morgan fingerprint density at radius 3 is 2.56 bits per heavy atom. The van der Waals surface area contributed by atoms with Crippen molar-refractivity contribution in [3.63, 3.8) is 0 Å². The standard InChI is InChI=1S/C29H24F3N5O2/c30-29(31,32)27-15-25(37(36-27)23-8-1-4-18(12-23)16-33)28(39)35-22-7-2-5-20(13-22)24(14-26(38)19-9-10-19)21-6-3-11-34-17-21/h1-8,11-13,15,17,19,24,26,38H,9-10,14H2,(H,35,39). The monoisotopic (exact) mass is 531 g/mol. The van der Waals surface area contributed by atoms with Crippen LogP contribution in [-0.4, -0.2) is 31.9 Å². The molecule has 1 aliphatic carbocycles. The summed E-state index contributed by atoms with van der Waals surface area (Å²) in [5, 5.41) is 26.2. The predicted octanol–water partition coefficient (Wildman–Crippen LogP) is 5.70. The number of rotatable bonds is 8. The van der Waals surface area contributed by atoms with Gasteiger partial charge in [0.2, 0.25) is 0 Å². The summed E-state index contributed by atoms with van der Waals surface area (Å²) in [5.74, 6) is -0.717. The molecule has 5 rings (SSSR count). The van der Waals surface area contributed by atoms with E-state index in [1.165, 1.54) is 24.3 Å². The van der Waals surface area contributed by atoms with Crippen LogP contribution in [-0.2, 0) is 6.18 Å². The van der Waals surface area contributed by atoms with Crippen molar-refractivity contribution in [1.29, 1.82) is 5.26 Å². The highest BCUT2D eigenvalue weighted by molar-refractivity contribution is 6.03. The van der Waals surface area contributed by atoms with Gasteiger partial charge in [0.25, 0.3) is 5.91 Å². The lowest BCUT2D eigenvalue weighted by Gasteiger charge is -2.22. The van der Waals surface area contributed by atoms with Crippen molar-refractivity contribution in [2.24, 2.45) is 5.92 Å². The molecule has 2 aromatic heterocycles. The van der Waals surface area contributed by atoms with Crippen LogP contribution >= 0.6 is 0 Å². The van der Waals surface area contributed by atoms with Crippen molar-refractivity contribution in [1.82, 2.24) is 14.8 Å². The van der Waals surface area contributed by atoms with Gasteiger partial charge in [0, 0.05) is 30.1 Å². The van der Waals surface area contributed by atoms with E-state index in [2.05, 4.69) is 15.4 Å². The molecule has 0 spiro atoms. The molecule has 0 saturated heterocycles. The van der Waals surface area contributed by atoms with Gasteiger partial charge in [0.05, 0.1) is 23.4 Å². The fourth-order valence-electron chi connectivity index (χ4n) is 4.58. The fourth-order valence-corrected chi connectivity index (χ4v) is 4.58. The Kier molecular flexibility index (Phi) is 7.17. The van der Waals surface area contributed by atoms with E-state index in [1.807, 2.05) is 24.3 Å². The number of nitriles is 1. The summed E-state index contributed by atoms with van der Waals surface area (Å²) >= 11 is 0. The van der Waals surface area contributed by atoms with Crippen molar-refractivity contribution < 1.29 is 23.1 Å². The molecule has 39 heavy (non-hydrogen) atoms. The maximum Gasteiger partial charge on any atom is 0.435 e. The van der Waals surface area contributed by atoms with Crippen LogP contribution in [0.2, 0.25) is 0 Å². The average Bonchev–Trinajstić information content (AvgIpc) is 3.69. The van der Waals surface area contributed by atoms with Gasteiger partial charge in [-0.2, -0.15) is 23.5 Å². The van der Waals surface area contributed by atoms with Gasteiger partial charge >= 0.3 is 6.18 Å². The number of nitrogens with one attached hydrogen (secondary N) is 1. The minimum Gasteiger partial charge on any atom is -0.393 e. The zero-order valence-corrected chi connectivity index (χ0v) is 20.6. The molecule has 0 aliphatic heterocycles. The maximum atomic E-state index is 13.5. The molecule has 2 unspecified atom stereocenters. The van der Waals surface area contributed by atoms with Crippen LogP contribution in [0.5, 0.6) is 0 Å². The average molecular weight is 532 g/mol. The number of benzene rings is 2. The van der Waals surface area contributed by atoms with Crippen LogP contribution < -0.4 is 5.32 Å². The molecule has 2 atom stereocenters. The molecule has 4 aromatic rings. The van der Waals surface area contributed by atoms with E-state index in [0.717, 1.165) is 28.7 Å². The molecule has 198 valence electrons. The van der Waals surface area contributed by atoms with Crippen LogP contribution in [0.25, 0.3) is 5.69 Å². The molecule has 1 saturated carbocycles. The molecular weight excluding hydrogens is 507 g/mol. The molecule has 2 heterocycles. The lowest BCUT2D eigenvalue weighted by molar-refractivity contribution is -0.141. The number of alkyl halides is 3. The number of carbonyl (C=O) groups excluding carboxylic acids is 1. The number of carbonyl (C=O) groups is 1. The van der Waals surface area contributed by atoms with Gasteiger partial charge in [-0.05, 0) is 72.7 Å². The van der Waals surface area contributed by atoms with Crippen molar-refractivity contribution in [3.05, 3.63) is 107 Å². The Morgan fingerprint density at radius 2 is 1.87 bits per heavy atom. The van der Waals surface area contributed by atoms with Gasteiger partial charge in [0.1, 0.15) is 5.69 Å². The van der Waals surface area contributed by atoms with Crippen LogP contribution in [0.15, 0.2) is 79.1 Å². The normalized spacial score (nSPS) is 14.8.